The smallest absolute Gasteiger partial charge is 0.303 e. The minimum atomic E-state index is -1.76. The van der Waals surface area contributed by atoms with Gasteiger partial charge in [0, 0.05) is 41.5 Å². The van der Waals surface area contributed by atoms with E-state index in [-0.39, 0.29) is 0 Å². The van der Waals surface area contributed by atoms with Crippen LogP contribution in [0.5, 0.6) is 0 Å². The molecule has 10 atom stereocenters. The molecule has 2 heterocycles. The van der Waals surface area contributed by atoms with Crippen molar-refractivity contribution in [2.24, 2.45) is 0 Å². The van der Waals surface area contributed by atoms with Crippen molar-refractivity contribution < 1.29 is 71.8 Å². The fraction of sp³-hybridized carbons (Fsp3) is 0.750. The van der Waals surface area contributed by atoms with E-state index in [0.717, 1.165) is 41.5 Å². The van der Waals surface area contributed by atoms with E-state index in [9.17, 15) is 33.9 Å². The molecule has 1 amide bonds. The van der Waals surface area contributed by atoms with Crippen LogP contribution in [-0.2, 0) is 66.7 Å². The largest absolute Gasteiger partial charge is 0.463 e. The second-order valence-corrected chi connectivity index (χ2v) is 9.20. The fourth-order valence-electron chi connectivity index (χ4n) is 4.37. The summed E-state index contributed by atoms with van der Waals surface area (Å²) in [5, 5.41) is 13.2. The van der Waals surface area contributed by atoms with E-state index in [1.54, 1.807) is 0 Å². The molecule has 0 aromatic rings. The van der Waals surface area contributed by atoms with E-state index in [0.29, 0.717) is 0 Å². The molecule has 0 spiro atoms. The number of rotatable bonds is 9. The highest BCUT2D eigenvalue weighted by Crippen LogP contribution is 2.33. The fourth-order valence-corrected chi connectivity index (χ4v) is 4.37. The summed E-state index contributed by atoms with van der Waals surface area (Å²) < 4.78 is 43.9. The van der Waals surface area contributed by atoms with E-state index in [4.69, 9.17) is 37.9 Å². The number of nitrogens with one attached hydrogen (secondary N) is 1. The topological polar surface area (TPSA) is 209 Å². The molecule has 0 aromatic carbocycles. The molecule has 0 bridgehead atoms. The molecule has 40 heavy (non-hydrogen) atoms. The molecule has 10 unspecified atom stereocenters. The normalized spacial score (nSPS) is 33.6. The maximum absolute atomic E-state index is 12.0. The van der Waals surface area contributed by atoms with Crippen LogP contribution in [0.15, 0.2) is 0 Å². The Morgan fingerprint density at radius 2 is 1.18 bits per heavy atom. The maximum atomic E-state index is 12.0. The van der Waals surface area contributed by atoms with Crippen molar-refractivity contribution in [3.05, 3.63) is 0 Å². The molecule has 2 rings (SSSR count). The lowest BCUT2D eigenvalue weighted by Gasteiger charge is -2.48. The number of ether oxygens (including phenoxy) is 8. The zero-order chi connectivity index (χ0) is 30.3. The Morgan fingerprint density at radius 3 is 1.68 bits per heavy atom. The van der Waals surface area contributed by atoms with Crippen LogP contribution < -0.4 is 5.32 Å². The summed E-state index contributed by atoms with van der Waals surface area (Å²) in [6.45, 7) is 7.63. The van der Waals surface area contributed by atoms with E-state index < -0.39 is 104 Å². The Labute approximate surface area is 229 Å². The van der Waals surface area contributed by atoms with Gasteiger partial charge < -0.3 is 48.3 Å². The first kappa shape index (κ1) is 32.9. The van der Waals surface area contributed by atoms with Gasteiger partial charge >= 0.3 is 29.8 Å². The van der Waals surface area contributed by atoms with E-state index in [2.05, 4.69) is 5.32 Å². The van der Waals surface area contributed by atoms with Crippen LogP contribution >= 0.6 is 0 Å². The van der Waals surface area contributed by atoms with Crippen molar-refractivity contribution in [1.29, 1.82) is 0 Å². The van der Waals surface area contributed by atoms with Gasteiger partial charge in [-0.25, -0.2) is 0 Å². The number of carbonyl (C=O) groups excluding carboxylic acids is 6. The standard InChI is InChI=1S/C24H35NO15/c1-9-18(35-12(4)28)21(37-14(6)30)22(38-15(7)31)24(34-9)40-20-17(25-10(2)26)23(32)39-16(8-33-11(3)27)19(20)36-13(5)29/h9,16-24,32H,8H2,1-7H3,(H,25,26). The van der Waals surface area contributed by atoms with Crippen LogP contribution in [0.4, 0.5) is 0 Å². The first-order chi connectivity index (χ1) is 18.6. The lowest BCUT2D eigenvalue weighted by molar-refractivity contribution is -0.340. The van der Waals surface area contributed by atoms with Crippen molar-refractivity contribution >= 4 is 35.8 Å². The van der Waals surface area contributed by atoms with E-state index in [1.807, 2.05) is 0 Å². The Balaban J connectivity index is 2.56. The second kappa shape index (κ2) is 14.3. The van der Waals surface area contributed by atoms with Gasteiger partial charge in [0.15, 0.2) is 37.0 Å². The third kappa shape index (κ3) is 9.11. The molecule has 0 aliphatic carbocycles. The molecule has 16 nitrogen and oxygen atoms in total. The lowest BCUT2D eigenvalue weighted by atomic mass is 9.95. The molecular formula is C24H35NO15. The van der Waals surface area contributed by atoms with Gasteiger partial charge in [-0.2, -0.15) is 0 Å². The average molecular weight is 578 g/mol. The predicted octanol–water partition coefficient (Wildman–Crippen LogP) is -1.37. The Morgan fingerprint density at radius 1 is 0.675 bits per heavy atom. The molecule has 16 heteroatoms. The van der Waals surface area contributed by atoms with Gasteiger partial charge in [0.1, 0.15) is 24.9 Å². The minimum Gasteiger partial charge on any atom is -0.463 e. The Hall–Kier alpha value is -3.34. The molecule has 2 fully saturated rings. The number of aliphatic hydroxyl groups excluding tert-OH is 1. The number of aliphatic hydroxyl groups is 1. The summed E-state index contributed by atoms with van der Waals surface area (Å²) in [6, 6.07) is -1.38. The van der Waals surface area contributed by atoms with Crippen LogP contribution in [0.3, 0.4) is 0 Å². The molecule has 226 valence electrons. The van der Waals surface area contributed by atoms with Gasteiger partial charge in [0.05, 0.1) is 6.10 Å². The van der Waals surface area contributed by atoms with Crippen molar-refractivity contribution in [3.63, 3.8) is 0 Å². The van der Waals surface area contributed by atoms with E-state index in [1.165, 1.54) is 6.92 Å². The van der Waals surface area contributed by atoms with E-state index >= 15 is 0 Å². The first-order valence-corrected chi connectivity index (χ1v) is 12.3. The number of esters is 5. The molecule has 2 aliphatic rings. The zero-order valence-corrected chi connectivity index (χ0v) is 23.1. The second-order valence-electron chi connectivity index (χ2n) is 9.20. The van der Waals surface area contributed by atoms with Gasteiger partial charge in [0.2, 0.25) is 5.91 Å². The summed E-state index contributed by atoms with van der Waals surface area (Å²) in [5.41, 5.74) is 0. The SMILES string of the molecule is CC(=O)NC1C(O)OC(COC(C)=O)C(OC(C)=O)C1OC1OC(C)C(OC(C)=O)C(OC(C)=O)C1OC(C)=O. The molecule has 2 N–H and O–H groups in total. The van der Waals surface area contributed by atoms with Crippen LogP contribution in [0.1, 0.15) is 48.5 Å². The van der Waals surface area contributed by atoms with Gasteiger partial charge in [-0.3, -0.25) is 28.8 Å². The highest BCUT2D eigenvalue weighted by molar-refractivity contribution is 5.73. The zero-order valence-electron chi connectivity index (χ0n) is 23.1. The summed E-state index contributed by atoms with van der Waals surface area (Å²) in [4.78, 5) is 71.2. The molecule has 0 aromatic heterocycles. The minimum absolute atomic E-state index is 0.475. The molecule has 2 aliphatic heterocycles. The molecular weight excluding hydrogens is 542 g/mol. The van der Waals surface area contributed by atoms with Crippen molar-refractivity contribution in [3.8, 4) is 0 Å². The van der Waals surface area contributed by atoms with Gasteiger partial charge in [-0.1, -0.05) is 0 Å². The first-order valence-electron chi connectivity index (χ1n) is 12.3. The monoisotopic (exact) mass is 577 g/mol. The summed E-state index contributed by atoms with van der Waals surface area (Å²) in [5.74, 6) is -4.51. The summed E-state index contributed by atoms with van der Waals surface area (Å²) in [6.07, 6.45) is -12.7. The number of carbonyl (C=O) groups is 6. The molecule has 0 radical (unpaired) electrons. The molecule has 2 saturated heterocycles. The predicted molar refractivity (Wildman–Crippen MR) is 127 cm³/mol. The van der Waals surface area contributed by atoms with Gasteiger partial charge in [-0.05, 0) is 6.92 Å². The Kier molecular flexibility index (Phi) is 11.8. The third-order valence-electron chi connectivity index (χ3n) is 5.71. The van der Waals surface area contributed by atoms with Crippen molar-refractivity contribution in [2.45, 2.75) is 110 Å². The van der Waals surface area contributed by atoms with Crippen LogP contribution in [0.25, 0.3) is 0 Å². The summed E-state index contributed by atoms with van der Waals surface area (Å²) in [7, 11) is 0. The number of hydrogen-bond donors (Lipinski definition) is 2. The highest BCUT2D eigenvalue weighted by atomic mass is 16.7. The van der Waals surface area contributed by atoms with Crippen LogP contribution in [-0.4, -0.2) is 109 Å². The van der Waals surface area contributed by atoms with Crippen molar-refractivity contribution in [1.82, 2.24) is 5.32 Å². The average Bonchev–Trinajstić information content (AvgIpc) is 2.80. The van der Waals surface area contributed by atoms with Gasteiger partial charge in [0.25, 0.3) is 0 Å². The quantitative estimate of drug-likeness (QED) is 0.239. The number of hydrogen-bond acceptors (Lipinski definition) is 15. The number of amides is 1. The third-order valence-corrected chi connectivity index (χ3v) is 5.71. The van der Waals surface area contributed by atoms with Gasteiger partial charge in [-0.15, -0.1) is 0 Å². The summed E-state index contributed by atoms with van der Waals surface area (Å²) >= 11 is 0. The molecule has 0 saturated carbocycles. The maximum Gasteiger partial charge on any atom is 0.303 e. The highest BCUT2D eigenvalue weighted by Gasteiger charge is 2.55. The van der Waals surface area contributed by atoms with Crippen molar-refractivity contribution in [2.75, 3.05) is 6.61 Å². The van der Waals surface area contributed by atoms with Crippen LogP contribution in [0.2, 0.25) is 0 Å². The lowest BCUT2D eigenvalue weighted by Crippen LogP contribution is -2.68. The van der Waals surface area contributed by atoms with Crippen LogP contribution in [0, 0.1) is 0 Å². The Bertz CT molecular complexity index is 970.